The second-order valence-electron chi connectivity index (χ2n) is 4.81. The van der Waals surface area contributed by atoms with Crippen LogP contribution in [0.3, 0.4) is 0 Å². The van der Waals surface area contributed by atoms with E-state index in [-0.39, 0.29) is 0 Å². The summed E-state index contributed by atoms with van der Waals surface area (Å²) in [6.07, 6.45) is 9.48. The molecule has 19 heavy (non-hydrogen) atoms. The Hall–Kier alpha value is -0.990. The number of nitrogens with zero attached hydrogens (tertiary/aromatic N) is 1. The zero-order valence-corrected chi connectivity index (χ0v) is 12.6. The number of aromatic amines is 1. The molecule has 1 unspecified atom stereocenters. The summed E-state index contributed by atoms with van der Waals surface area (Å²) in [4.78, 5) is 3.08. The van der Waals surface area contributed by atoms with Gasteiger partial charge in [-0.15, -0.1) is 0 Å². The number of nitrogens with one attached hydrogen (secondary N) is 1. The Morgan fingerprint density at radius 3 is 2.79 bits per heavy atom. The molecule has 102 valence electrons. The van der Waals surface area contributed by atoms with Crippen LogP contribution < -0.4 is 4.57 Å². The molecule has 2 rings (SSSR count). The van der Waals surface area contributed by atoms with E-state index in [9.17, 15) is 0 Å². The van der Waals surface area contributed by atoms with Gasteiger partial charge < -0.3 is 0 Å². The normalized spacial score (nSPS) is 12.6. The van der Waals surface area contributed by atoms with E-state index in [2.05, 4.69) is 22.5 Å². The van der Waals surface area contributed by atoms with Crippen LogP contribution in [-0.4, -0.2) is 4.98 Å². The van der Waals surface area contributed by atoms with Crippen LogP contribution in [0, 0.1) is 0 Å². The Bertz CT molecular complexity index is 509. The molecule has 0 aliphatic carbocycles. The maximum absolute atomic E-state index is 6.34. The van der Waals surface area contributed by atoms with E-state index in [0.29, 0.717) is 10.9 Å². The minimum atomic E-state index is 0.422. The number of benzene rings is 1. The van der Waals surface area contributed by atoms with Crippen LogP contribution in [0.2, 0.25) is 10.0 Å². The Labute approximate surface area is 124 Å². The van der Waals surface area contributed by atoms with Crippen molar-refractivity contribution >= 4 is 23.2 Å². The molecule has 0 saturated carbocycles. The number of unbranched alkanes of at least 4 members (excludes halogenated alkanes) is 1. The van der Waals surface area contributed by atoms with Crippen LogP contribution >= 0.6 is 23.2 Å². The average molecular weight is 298 g/mol. The van der Waals surface area contributed by atoms with Crippen LogP contribution in [-0.2, 0) is 6.54 Å². The van der Waals surface area contributed by atoms with E-state index in [4.69, 9.17) is 23.2 Å². The van der Waals surface area contributed by atoms with Gasteiger partial charge in [-0.1, -0.05) is 49.0 Å². The molecule has 0 fully saturated rings. The summed E-state index contributed by atoms with van der Waals surface area (Å²) in [5.41, 5.74) is 1.19. The molecule has 2 aromatic rings. The zero-order chi connectivity index (χ0) is 13.7. The zero-order valence-electron chi connectivity index (χ0n) is 11.1. The minimum absolute atomic E-state index is 0.422. The molecule has 1 aromatic carbocycles. The summed E-state index contributed by atoms with van der Waals surface area (Å²) in [6.45, 7) is 3.15. The van der Waals surface area contributed by atoms with Gasteiger partial charge in [-0.25, -0.2) is 4.57 Å². The first-order valence-corrected chi connectivity index (χ1v) is 7.43. The lowest BCUT2D eigenvalue weighted by molar-refractivity contribution is -0.698. The molecular weight excluding hydrogens is 279 g/mol. The first-order chi connectivity index (χ1) is 9.20. The van der Waals surface area contributed by atoms with Gasteiger partial charge in [-0.2, -0.15) is 0 Å². The van der Waals surface area contributed by atoms with Crippen molar-refractivity contribution in [2.75, 3.05) is 0 Å². The van der Waals surface area contributed by atoms with Gasteiger partial charge in [0.15, 0.2) is 0 Å². The predicted molar refractivity (Wildman–Crippen MR) is 79.7 cm³/mol. The van der Waals surface area contributed by atoms with Crippen LogP contribution in [0.25, 0.3) is 0 Å². The van der Waals surface area contributed by atoms with E-state index in [1.54, 1.807) is 0 Å². The van der Waals surface area contributed by atoms with Crippen LogP contribution in [0.1, 0.15) is 37.7 Å². The fourth-order valence-electron chi connectivity index (χ4n) is 2.32. The molecular formula is C15H19Cl2N2+. The predicted octanol–water partition coefficient (Wildman–Crippen LogP) is 4.58. The number of hydrogen-bond acceptors (Lipinski definition) is 0. The van der Waals surface area contributed by atoms with Gasteiger partial charge in [0.2, 0.25) is 6.33 Å². The van der Waals surface area contributed by atoms with Crippen molar-refractivity contribution in [3.63, 3.8) is 0 Å². The first-order valence-electron chi connectivity index (χ1n) is 6.67. The van der Waals surface area contributed by atoms with Crippen molar-refractivity contribution in [3.8, 4) is 0 Å². The average Bonchev–Trinajstić information content (AvgIpc) is 2.88. The molecule has 4 heteroatoms. The molecule has 1 heterocycles. The third-order valence-corrected chi connectivity index (χ3v) is 3.90. The summed E-state index contributed by atoms with van der Waals surface area (Å²) in [6, 6.07) is 5.81. The minimum Gasteiger partial charge on any atom is -0.250 e. The SMILES string of the molecule is CCCCC(C[n+]1cc[nH]c1)c1ccc(Cl)cc1Cl. The summed E-state index contributed by atoms with van der Waals surface area (Å²) in [5, 5.41) is 1.46. The highest BCUT2D eigenvalue weighted by Crippen LogP contribution is 2.31. The molecule has 0 saturated heterocycles. The second kappa shape index (κ2) is 6.97. The van der Waals surface area contributed by atoms with Crippen molar-refractivity contribution in [1.29, 1.82) is 0 Å². The fraction of sp³-hybridized carbons (Fsp3) is 0.400. The van der Waals surface area contributed by atoms with Crippen molar-refractivity contribution in [1.82, 2.24) is 4.98 Å². The van der Waals surface area contributed by atoms with Crippen LogP contribution in [0.15, 0.2) is 36.9 Å². The maximum Gasteiger partial charge on any atom is 0.241 e. The van der Waals surface area contributed by atoms with E-state index >= 15 is 0 Å². The number of rotatable bonds is 6. The van der Waals surface area contributed by atoms with Gasteiger partial charge in [-0.3, -0.25) is 4.98 Å². The molecule has 1 atom stereocenters. The molecule has 1 N–H and O–H groups in total. The number of imidazole rings is 1. The van der Waals surface area contributed by atoms with E-state index in [0.717, 1.165) is 18.0 Å². The Balaban J connectivity index is 2.20. The van der Waals surface area contributed by atoms with Gasteiger partial charge >= 0.3 is 0 Å². The van der Waals surface area contributed by atoms with Crippen molar-refractivity contribution < 1.29 is 4.57 Å². The summed E-state index contributed by atoms with van der Waals surface area (Å²) < 4.78 is 2.16. The second-order valence-corrected chi connectivity index (χ2v) is 5.66. The lowest BCUT2D eigenvalue weighted by Gasteiger charge is -2.16. The first kappa shape index (κ1) is 14.4. The molecule has 0 aliphatic heterocycles. The van der Waals surface area contributed by atoms with E-state index in [1.165, 1.54) is 18.4 Å². The van der Waals surface area contributed by atoms with E-state index < -0.39 is 0 Å². The molecule has 0 bridgehead atoms. The van der Waals surface area contributed by atoms with Crippen molar-refractivity contribution in [2.45, 2.75) is 38.6 Å². The number of halogens is 2. The maximum atomic E-state index is 6.34. The van der Waals surface area contributed by atoms with Gasteiger partial charge in [-0.05, 0) is 24.1 Å². The van der Waals surface area contributed by atoms with Gasteiger partial charge in [0.05, 0.1) is 6.54 Å². The fourth-order valence-corrected chi connectivity index (χ4v) is 2.88. The van der Waals surface area contributed by atoms with Gasteiger partial charge in [0, 0.05) is 16.0 Å². The monoisotopic (exact) mass is 297 g/mol. The summed E-state index contributed by atoms with van der Waals surface area (Å²) in [7, 11) is 0. The third kappa shape index (κ3) is 3.99. The molecule has 2 nitrogen and oxygen atoms in total. The van der Waals surface area contributed by atoms with Crippen LogP contribution in [0.5, 0.6) is 0 Å². The molecule has 0 spiro atoms. The topological polar surface area (TPSA) is 19.7 Å². The lowest BCUT2D eigenvalue weighted by atomic mass is 9.93. The van der Waals surface area contributed by atoms with Crippen molar-refractivity contribution in [2.24, 2.45) is 0 Å². The van der Waals surface area contributed by atoms with E-state index in [1.807, 2.05) is 30.9 Å². The third-order valence-electron chi connectivity index (χ3n) is 3.34. The van der Waals surface area contributed by atoms with Gasteiger partial charge in [0.25, 0.3) is 0 Å². The summed E-state index contributed by atoms with van der Waals surface area (Å²) in [5.74, 6) is 0.422. The highest BCUT2D eigenvalue weighted by Gasteiger charge is 2.17. The number of hydrogen-bond donors (Lipinski definition) is 1. The Kier molecular flexibility index (Phi) is 5.29. The number of aromatic nitrogens is 2. The standard InChI is InChI=1S/C15H18Cl2N2/c1-2-3-4-12(10-19-8-7-18-11-19)14-6-5-13(16)9-15(14)17/h5-9,11-12H,2-4,10H2,1H3/p+1. The molecule has 0 amide bonds. The number of H-pyrrole nitrogens is 1. The molecule has 1 aromatic heterocycles. The summed E-state index contributed by atoms with van der Waals surface area (Å²) >= 11 is 12.3. The molecule has 0 aliphatic rings. The van der Waals surface area contributed by atoms with Gasteiger partial charge in [0.1, 0.15) is 12.4 Å². The highest BCUT2D eigenvalue weighted by molar-refractivity contribution is 6.35. The Morgan fingerprint density at radius 1 is 1.32 bits per heavy atom. The smallest absolute Gasteiger partial charge is 0.241 e. The van der Waals surface area contributed by atoms with Crippen LogP contribution in [0.4, 0.5) is 0 Å². The highest BCUT2D eigenvalue weighted by atomic mass is 35.5. The van der Waals surface area contributed by atoms with Crippen molar-refractivity contribution in [3.05, 3.63) is 52.5 Å². The largest absolute Gasteiger partial charge is 0.250 e. The molecule has 0 radical (unpaired) electrons. The quantitative estimate of drug-likeness (QED) is 0.753. The Morgan fingerprint density at radius 2 is 2.16 bits per heavy atom. The lowest BCUT2D eigenvalue weighted by Crippen LogP contribution is -2.34.